The minimum absolute atomic E-state index is 0.715. The third kappa shape index (κ3) is 3.98. The van der Waals surface area contributed by atoms with Crippen LogP contribution >= 0.6 is 0 Å². The van der Waals surface area contributed by atoms with Gasteiger partial charge >= 0.3 is 0 Å². The minimum atomic E-state index is 0.715. The third-order valence-corrected chi connectivity index (χ3v) is 2.87. The maximum absolute atomic E-state index is 5.36. The molecule has 1 N–H and O–H groups in total. The fourth-order valence-electron chi connectivity index (χ4n) is 1.83. The van der Waals surface area contributed by atoms with E-state index in [-0.39, 0.29) is 0 Å². The van der Waals surface area contributed by atoms with Crippen LogP contribution in [-0.4, -0.2) is 18.1 Å². The van der Waals surface area contributed by atoms with Crippen LogP contribution in [0.3, 0.4) is 0 Å². The summed E-state index contributed by atoms with van der Waals surface area (Å²) in [5.74, 6) is 0.913. The number of hydrogen-bond donors (Lipinski definition) is 1. The predicted molar refractivity (Wildman–Crippen MR) is 80.2 cm³/mol. The average molecular weight is 256 g/mol. The highest BCUT2D eigenvalue weighted by molar-refractivity contribution is 5.91. The zero-order valence-corrected chi connectivity index (χ0v) is 11.3. The Bertz CT molecular complexity index is 532. The number of fused-ring (bicyclic) bond motifs is 1. The molecule has 0 unspecified atom stereocenters. The van der Waals surface area contributed by atoms with E-state index >= 15 is 0 Å². The second-order valence-electron chi connectivity index (χ2n) is 4.36. The van der Waals surface area contributed by atoms with E-state index in [4.69, 9.17) is 4.74 Å². The van der Waals surface area contributed by atoms with Gasteiger partial charge in [-0.25, -0.2) is 4.98 Å². The quantitative estimate of drug-likeness (QED) is 0.601. The Kier molecular flexibility index (Phi) is 5.23. The highest BCUT2D eigenvalue weighted by Gasteiger charge is 1.99. The van der Waals surface area contributed by atoms with Crippen molar-refractivity contribution in [3.63, 3.8) is 0 Å². The van der Waals surface area contributed by atoms with Crippen LogP contribution in [0.2, 0.25) is 0 Å². The van der Waals surface area contributed by atoms with Crippen molar-refractivity contribution < 1.29 is 4.74 Å². The molecule has 0 fully saturated rings. The molecule has 0 aliphatic rings. The molecule has 0 bridgehead atoms. The van der Waals surface area contributed by atoms with Gasteiger partial charge in [0, 0.05) is 18.1 Å². The molecule has 0 amide bonds. The Balaban J connectivity index is 1.88. The second kappa shape index (κ2) is 7.41. The summed E-state index contributed by atoms with van der Waals surface area (Å²) in [5.41, 5.74) is 0. The van der Waals surface area contributed by atoms with Crippen LogP contribution in [0.15, 0.2) is 48.9 Å². The zero-order valence-electron chi connectivity index (χ0n) is 11.3. The number of aromatic nitrogens is 1. The van der Waals surface area contributed by atoms with E-state index < -0.39 is 0 Å². The molecule has 3 heteroatoms. The largest absolute Gasteiger partial charge is 0.501 e. The predicted octanol–water partition coefficient (Wildman–Crippen LogP) is 3.98. The zero-order chi connectivity index (χ0) is 13.3. The number of anilines is 1. The van der Waals surface area contributed by atoms with Crippen LogP contribution in [0.25, 0.3) is 10.8 Å². The van der Waals surface area contributed by atoms with Gasteiger partial charge in [-0.3, -0.25) is 0 Å². The molecule has 2 rings (SSSR count). The monoisotopic (exact) mass is 256 g/mol. The summed E-state index contributed by atoms with van der Waals surface area (Å²) in [6.45, 7) is 3.66. The first-order valence-corrected chi connectivity index (χ1v) is 6.76. The Labute approximate surface area is 114 Å². The topological polar surface area (TPSA) is 34.1 Å². The van der Waals surface area contributed by atoms with Gasteiger partial charge in [-0.1, -0.05) is 37.6 Å². The van der Waals surface area contributed by atoms with E-state index in [1.54, 1.807) is 6.26 Å². The van der Waals surface area contributed by atoms with E-state index in [0.29, 0.717) is 6.54 Å². The lowest BCUT2D eigenvalue weighted by Crippen LogP contribution is -2.01. The van der Waals surface area contributed by atoms with E-state index in [1.807, 2.05) is 30.5 Å². The van der Waals surface area contributed by atoms with Crippen LogP contribution < -0.4 is 5.32 Å². The molecule has 0 aliphatic carbocycles. The number of benzene rings is 1. The molecule has 3 nitrogen and oxygen atoms in total. The van der Waals surface area contributed by atoms with Crippen molar-refractivity contribution in [3.05, 3.63) is 48.9 Å². The second-order valence-corrected chi connectivity index (χ2v) is 4.36. The molecular formula is C16H20N2O. The van der Waals surface area contributed by atoms with Gasteiger partial charge < -0.3 is 10.1 Å². The van der Waals surface area contributed by atoms with E-state index in [2.05, 4.69) is 29.4 Å². The highest BCUT2D eigenvalue weighted by atomic mass is 16.5. The van der Waals surface area contributed by atoms with E-state index in [9.17, 15) is 0 Å². The summed E-state index contributed by atoms with van der Waals surface area (Å²) in [7, 11) is 0. The van der Waals surface area contributed by atoms with Crippen molar-refractivity contribution in [1.29, 1.82) is 0 Å². The summed E-state index contributed by atoms with van der Waals surface area (Å²) in [6.07, 6.45) is 7.81. The van der Waals surface area contributed by atoms with Crippen LogP contribution in [0.5, 0.6) is 0 Å². The molecule has 0 radical (unpaired) electrons. The number of rotatable bonds is 7. The normalized spacial score (nSPS) is 11.0. The molecule has 0 saturated heterocycles. The SMILES string of the molecule is CCCCOC=CCNc1nccc2ccccc12. The average Bonchev–Trinajstić information content (AvgIpc) is 2.46. The van der Waals surface area contributed by atoms with Crippen molar-refractivity contribution in [2.75, 3.05) is 18.5 Å². The summed E-state index contributed by atoms with van der Waals surface area (Å²) >= 11 is 0. The summed E-state index contributed by atoms with van der Waals surface area (Å²) in [6, 6.07) is 10.2. The Morgan fingerprint density at radius 1 is 1.26 bits per heavy atom. The lowest BCUT2D eigenvalue weighted by Gasteiger charge is -2.06. The Morgan fingerprint density at radius 3 is 3.05 bits per heavy atom. The summed E-state index contributed by atoms with van der Waals surface area (Å²) in [4.78, 5) is 4.37. The molecule has 100 valence electrons. The van der Waals surface area contributed by atoms with E-state index in [0.717, 1.165) is 30.7 Å². The van der Waals surface area contributed by atoms with Crippen molar-refractivity contribution in [1.82, 2.24) is 4.98 Å². The van der Waals surface area contributed by atoms with Crippen molar-refractivity contribution in [2.45, 2.75) is 19.8 Å². The lowest BCUT2D eigenvalue weighted by molar-refractivity contribution is 0.243. The number of pyridine rings is 1. The first kappa shape index (κ1) is 13.4. The standard InChI is InChI=1S/C16H20N2O/c1-2-3-12-19-13-6-10-17-16-15-8-5-4-7-14(15)9-11-18-16/h4-9,11,13H,2-3,10,12H2,1H3,(H,17,18). The number of hydrogen-bond acceptors (Lipinski definition) is 3. The van der Waals surface area contributed by atoms with Crippen molar-refractivity contribution in [2.24, 2.45) is 0 Å². The molecule has 1 aromatic heterocycles. The summed E-state index contributed by atoms with van der Waals surface area (Å²) in [5, 5.41) is 5.64. The van der Waals surface area contributed by atoms with E-state index in [1.165, 1.54) is 5.39 Å². The first-order chi connectivity index (χ1) is 9.42. The van der Waals surface area contributed by atoms with Gasteiger partial charge in [-0.15, -0.1) is 0 Å². The molecule has 1 aromatic carbocycles. The number of nitrogens with one attached hydrogen (secondary N) is 1. The fraction of sp³-hybridized carbons (Fsp3) is 0.312. The molecule has 0 atom stereocenters. The van der Waals surface area contributed by atoms with Gasteiger partial charge in [-0.2, -0.15) is 0 Å². The highest BCUT2D eigenvalue weighted by Crippen LogP contribution is 2.19. The van der Waals surface area contributed by atoms with Crippen LogP contribution in [-0.2, 0) is 4.74 Å². The van der Waals surface area contributed by atoms with Gasteiger partial charge in [-0.05, 0) is 23.9 Å². The molecule has 2 aromatic rings. The molecule has 0 spiro atoms. The van der Waals surface area contributed by atoms with Gasteiger partial charge in [0.1, 0.15) is 5.82 Å². The molecule has 0 aliphatic heterocycles. The van der Waals surface area contributed by atoms with Crippen LogP contribution in [0, 0.1) is 0 Å². The lowest BCUT2D eigenvalue weighted by atomic mass is 10.1. The smallest absolute Gasteiger partial charge is 0.134 e. The minimum Gasteiger partial charge on any atom is -0.501 e. The van der Waals surface area contributed by atoms with Gasteiger partial charge in [0.05, 0.1) is 12.9 Å². The van der Waals surface area contributed by atoms with Crippen molar-refractivity contribution >= 4 is 16.6 Å². The number of ether oxygens (including phenoxy) is 1. The van der Waals surface area contributed by atoms with Crippen LogP contribution in [0.4, 0.5) is 5.82 Å². The molecular weight excluding hydrogens is 236 g/mol. The first-order valence-electron chi connectivity index (χ1n) is 6.76. The molecule has 19 heavy (non-hydrogen) atoms. The van der Waals surface area contributed by atoms with Crippen LogP contribution in [0.1, 0.15) is 19.8 Å². The van der Waals surface area contributed by atoms with Gasteiger partial charge in [0.25, 0.3) is 0 Å². The third-order valence-electron chi connectivity index (χ3n) is 2.87. The van der Waals surface area contributed by atoms with Gasteiger partial charge in [0.2, 0.25) is 0 Å². The summed E-state index contributed by atoms with van der Waals surface area (Å²) < 4.78 is 5.36. The fourth-order valence-corrected chi connectivity index (χ4v) is 1.83. The number of unbranched alkanes of at least 4 members (excludes halogenated alkanes) is 1. The molecule has 1 heterocycles. The molecule has 0 saturated carbocycles. The maximum atomic E-state index is 5.36. The van der Waals surface area contributed by atoms with Gasteiger partial charge in [0.15, 0.2) is 0 Å². The van der Waals surface area contributed by atoms with Crippen molar-refractivity contribution in [3.8, 4) is 0 Å². The Hall–Kier alpha value is -2.03. The Morgan fingerprint density at radius 2 is 2.16 bits per heavy atom. The maximum Gasteiger partial charge on any atom is 0.134 e. The number of nitrogens with zero attached hydrogens (tertiary/aromatic N) is 1.